The summed E-state index contributed by atoms with van der Waals surface area (Å²) in [6.45, 7) is 0. The lowest BCUT2D eigenvalue weighted by Gasteiger charge is -2.26. The first-order valence-electron chi connectivity index (χ1n) is 7.13. The van der Waals surface area contributed by atoms with Crippen molar-refractivity contribution in [1.82, 2.24) is 9.97 Å². The molecular weight excluding hydrogens is 270 g/mol. The number of fused-ring (bicyclic) bond motifs is 1. The van der Waals surface area contributed by atoms with Crippen LogP contribution in [0.25, 0.3) is 11.0 Å². The molecule has 2 atom stereocenters. The number of benzene rings is 1. The highest BCUT2D eigenvalue weighted by Crippen LogP contribution is 2.31. The average molecular weight is 287 g/mol. The summed E-state index contributed by atoms with van der Waals surface area (Å²) in [6.07, 6.45) is 2.93. The largest absolute Gasteiger partial charge is 0.481 e. The molecule has 1 aliphatic rings. The molecule has 1 aromatic carbocycles. The number of aromatic nitrogens is 2. The minimum atomic E-state index is -0.889. The van der Waals surface area contributed by atoms with E-state index in [-0.39, 0.29) is 5.91 Å². The molecule has 3 N–H and O–H groups in total. The zero-order valence-corrected chi connectivity index (χ0v) is 11.5. The molecule has 0 radical (unpaired) electrons. The summed E-state index contributed by atoms with van der Waals surface area (Å²) in [6, 6.07) is 7.48. The van der Waals surface area contributed by atoms with Crippen LogP contribution in [-0.2, 0) is 9.59 Å². The molecule has 3 rings (SSSR count). The molecular formula is C15H17N3O3. The van der Waals surface area contributed by atoms with Crippen molar-refractivity contribution in [2.24, 2.45) is 11.8 Å². The number of rotatable bonds is 3. The number of aromatic amines is 1. The van der Waals surface area contributed by atoms with Gasteiger partial charge in [-0.05, 0) is 25.0 Å². The molecule has 0 saturated heterocycles. The van der Waals surface area contributed by atoms with Crippen molar-refractivity contribution in [1.29, 1.82) is 0 Å². The Kier molecular flexibility index (Phi) is 3.60. The maximum Gasteiger partial charge on any atom is 0.307 e. The van der Waals surface area contributed by atoms with Crippen molar-refractivity contribution in [3.8, 4) is 0 Å². The number of carboxylic acid groups (broad SMARTS) is 1. The van der Waals surface area contributed by atoms with E-state index in [1.54, 1.807) is 0 Å². The van der Waals surface area contributed by atoms with Crippen molar-refractivity contribution in [2.75, 3.05) is 5.32 Å². The normalized spacial score (nSPS) is 22.1. The number of nitrogens with zero attached hydrogens (tertiary/aromatic N) is 1. The molecule has 0 spiro atoms. The van der Waals surface area contributed by atoms with Crippen molar-refractivity contribution in [2.45, 2.75) is 25.7 Å². The number of carbonyl (C=O) groups excluding carboxylic acids is 1. The summed E-state index contributed by atoms with van der Waals surface area (Å²) >= 11 is 0. The number of carboxylic acids is 1. The maximum absolute atomic E-state index is 12.3. The highest BCUT2D eigenvalue weighted by atomic mass is 16.4. The molecule has 0 bridgehead atoms. The molecule has 1 heterocycles. The van der Waals surface area contributed by atoms with Gasteiger partial charge >= 0.3 is 5.97 Å². The molecule has 6 nitrogen and oxygen atoms in total. The Bertz CT molecular complexity index is 647. The first-order valence-corrected chi connectivity index (χ1v) is 7.13. The molecule has 110 valence electrons. The number of hydrogen-bond donors (Lipinski definition) is 3. The Balaban J connectivity index is 1.76. The molecule has 0 aliphatic heterocycles. The van der Waals surface area contributed by atoms with Gasteiger partial charge in [-0.3, -0.25) is 14.9 Å². The topological polar surface area (TPSA) is 95.1 Å². The summed E-state index contributed by atoms with van der Waals surface area (Å²) in [5.74, 6) is -1.86. The molecule has 1 aromatic heterocycles. The van der Waals surface area contributed by atoms with Crippen LogP contribution < -0.4 is 5.32 Å². The van der Waals surface area contributed by atoms with Gasteiger partial charge in [0, 0.05) is 0 Å². The van der Waals surface area contributed by atoms with Crippen LogP contribution in [0.2, 0.25) is 0 Å². The number of amides is 1. The van der Waals surface area contributed by atoms with E-state index in [1.165, 1.54) is 0 Å². The second kappa shape index (κ2) is 5.55. The molecule has 1 aliphatic carbocycles. The van der Waals surface area contributed by atoms with Gasteiger partial charge in [0.1, 0.15) is 0 Å². The third-order valence-corrected chi connectivity index (χ3v) is 4.05. The second-order valence-corrected chi connectivity index (χ2v) is 5.43. The first kappa shape index (κ1) is 13.6. The van der Waals surface area contributed by atoms with E-state index in [1.807, 2.05) is 24.3 Å². The van der Waals surface area contributed by atoms with Crippen LogP contribution in [0.3, 0.4) is 0 Å². The molecule has 1 saturated carbocycles. The van der Waals surface area contributed by atoms with Crippen molar-refractivity contribution < 1.29 is 14.7 Å². The summed E-state index contributed by atoms with van der Waals surface area (Å²) < 4.78 is 0. The fourth-order valence-corrected chi connectivity index (χ4v) is 2.96. The summed E-state index contributed by atoms with van der Waals surface area (Å²) in [5.41, 5.74) is 1.61. The second-order valence-electron chi connectivity index (χ2n) is 5.43. The highest BCUT2D eigenvalue weighted by molar-refractivity contribution is 5.95. The number of para-hydroxylation sites is 2. The standard InChI is InChI=1S/C15H17N3O3/c19-13(9-5-1-2-6-10(9)14(20)21)18-15-16-11-7-3-4-8-12(11)17-15/h3-4,7-10H,1-2,5-6H2,(H,20,21)(H2,16,17,18,19)/t9-,10+/m1/s1. The van der Waals surface area contributed by atoms with Gasteiger partial charge in [0.2, 0.25) is 11.9 Å². The molecule has 2 aromatic rings. The highest BCUT2D eigenvalue weighted by Gasteiger charge is 2.35. The van der Waals surface area contributed by atoms with E-state index < -0.39 is 17.8 Å². The zero-order chi connectivity index (χ0) is 14.8. The molecule has 1 amide bonds. The van der Waals surface area contributed by atoms with Crippen LogP contribution in [0.5, 0.6) is 0 Å². The van der Waals surface area contributed by atoms with E-state index in [9.17, 15) is 14.7 Å². The summed E-state index contributed by atoms with van der Waals surface area (Å²) in [7, 11) is 0. The Morgan fingerprint density at radius 1 is 1.19 bits per heavy atom. The Morgan fingerprint density at radius 2 is 1.90 bits per heavy atom. The fraction of sp³-hybridized carbons (Fsp3) is 0.400. The predicted octanol–water partition coefficient (Wildman–Crippen LogP) is 2.39. The van der Waals surface area contributed by atoms with Crippen molar-refractivity contribution in [3.05, 3.63) is 24.3 Å². The van der Waals surface area contributed by atoms with Gasteiger partial charge in [0.15, 0.2) is 0 Å². The third kappa shape index (κ3) is 2.74. The quantitative estimate of drug-likeness (QED) is 0.807. The summed E-state index contributed by atoms with van der Waals surface area (Å²) in [4.78, 5) is 30.9. The number of H-pyrrole nitrogens is 1. The van der Waals surface area contributed by atoms with Crippen LogP contribution in [0.4, 0.5) is 5.95 Å². The molecule has 1 fully saturated rings. The third-order valence-electron chi connectivity index (χ3n) is 4.05. The van der Waals surface area contributed by atoms with Gasteiger partial charge in [-0.1, -0.05) is 25.0 Å². The Morgan fingerprint density at radius 3 is 2.62 bits per heavy atom. The number of hydrogen-bond acceptors (Lipinski definition) is 3. The van der Waals surface area contributed by atoms with Gasteiger partial charge in [-0.2, -0.15) is 0 Å². The van der Waals surface area contributed by atoms with Crippen LogP contribution in [0.1, 0.15) is 25.7 Å². The van der Waals surface area contributed by atoms with Crippen LogP contribution >= 0.6 is 0 Å². The number of aliphatic carboxylic acids is 1. The maximum atomic E-state index is 12.3. The monoisotopic (exact) mass is 287 g/mol. The Hall–Kier alpha value is -2.37. The number of carbonyl (C=O) groups is 2. The molecule has 0 unspecified atom stereocenters. The average Bonchev–Trinajstić information content (AvgIpc) is 2.89. The van der Waals surface area contributed by atoms with Gasteiger partial charge in [-0.25, -0.2) is 4.98 Å². The lowest BCUT2D eigenvalue weighted by molar-refractivity contribution is -0.147. The van der Waals surface area contributed by atoms with E-state index in [0.717, 1.165) is 23.9 Å². The number of imidazole rings is 1. The predicted molar refractivity (Wildman–Crippen MR) is 77.8 cm³/mol. The van der Waals surface area contributed by atoms with Gasteiger partial charge in [0.05, 0.1) is 22.9 Å². The number of nitrogens with one attached hydrogen (secondary N) is 2. The van der Waals surface area contributed by atoms with Crippen LogP contribution in [0, 0.1) is 11.8 Å². The fourth-order valence-electron chi connectivity index (χ4n) is 2.96. The number of anilines is 1. The lowest BCUT2D eigenvalue weighted by Crippen LogP contribution is -2.36. The SMILES string of the molecule is O=C(O)[C@H]1CCCC[C@H]1C(=O)Nc1nc2ccccc2[nH]1. The van der Waals surface area contributed by atoms with Crippen LogP contribution in [0.15, 0.2) is 24.3 Å². The lowest BCUT2D eigenvalue weighted by atomic mass is 9.79. The van der Waals surface area contributed by atoms with Crippen molar-refractivity contribution in [3.63, 3.8) is 0 Å². The summed E-state index contributed by atoms with van der Waals surface area (Å²) in [5, 5.41) is 12.0. The first-order chi connectivity index (χ1) is 10.1. The Labute approximate surface area is 121 Å². The smallest absolute Gasteiger partial charge is 0.307 e. The minimum Gasteiger partial charge on any atom is -0.481 e. The minimum absolute atomic E-state index is 0.263. The zero-order valence-electron chi connectivity index (χ0n) is 11.5. The van der Waals surface area contributed by atoms with E-state index >= 15 is 0 Å². The van der Waals surface area contributed by atoms with Crippen LogP contribution in [-0.4, -0.2) is 27.0 Å². The van der Waals surface area contributed by atoms with E-state index in [2.05, 4.69) is 15.3 Å². The van der Waals surface area contributed by atoms with Gasteiger partial charge in [0.25, 0.3) is 0 Å². The van der Waals surface area contributed by atoms with Gasteiger partial charge < -0.3 is 10.1 Å². The molecule has 21 heavy (non-hydrogen) atoms. The van der Waals surface area contributed by atoms with E-state index in [0.29, 0.717) is 18.8 Å². The van der Waals surface area contributed by atoms with Gasteiger partial charge in [-0.15, -0.1) is 0 Å². The molecule has 6 heteroatoms. The van der Waals surface area contributed by atoms with Crippen molar-refractivity contribution >= 4 is 28.9 Å². The van der Waals surface area contributed by atoms with E-state index in [4.69, 9.17) is 0 Å².